The largest absolute Gasteiger partial charge is 0.507 e. The number of hydrogen-bond donors (Lipinski definition) is 1. The first-order valence-corrected chi connectivity index (χ1v) is 22.0. The molecule has 10 heteroatoms. The van der Waals surface area contributed by atoms with Gasteiger partial charge in [-0.15, -0.1) is 6.07 Å². The summed E-state index contributed by atoms with van der Waals surface area (Å²) in [5.74, 6) is 3.57. The van der Waals surface area contributed by atoms with E-state index in [1.54, 1.807) is 0 Å². The molecule has 0 amide bonds. The Bertz CT molecular complexity index is 3650. The summed E-state index contributed by atoms with van der Waals surface area (Å²) >= 11 is 0. The van der Waals surface area contributed by atoms with Gasteiger partial charge >= 0.3 is 0 Å². The van der Waals surface area contributed by atoms with Crippen molar-refractivity contribution in [3.05, 3.63) is 138 Å². The van der Waals surface area contributed by atoms with Gasteiger partial charge in [-0.1, -0.05) is 130 Å². The molecule has 0 bridgehead atoms. The molecule has 0 saturated heterocycles. The molecule has 64 heavy (non-hydrogen) atoms. The predicted octanol–water partition coefficient (Wildman–Crippen LogP) is 13.1. The van der Waals surface area contributed by atoms with Crippen LogP contribution in [0.5, 0.6) is 5.75 Å². The normalized spacial score (nSPS) is 12.8. The summed E-state index contributed by atoms with van der Waals surface area (Å²) in [4.78, 5) is 21.6. The van der Waals surface area contributed by atoms with Crippen LogP contribution >= 0.6 is 0 Å². The second-order valence-electron chi connectivity index (χ2n) is 19.8. The summed E-state index contributed by atoms with van der Waals surface area (Å²) in [6.45, 7) is 22.2. The number of aromatic hydroxyl groups is 1. The third-order valence-electron chi connectivity index (χ3n) is 12.8. The summed E-state index contributed by atoms with van der Waals surface area (Å²) in [6, 6.07) is 41.4. The number of nitrogens with zero attached hydrogens (tertiary/aromatic N) is 8. The van der Waals surface area contributed by atoms with Gasteiger partial charge in [-0.05, 0) is 80.7 Å². The average molecular weight is 1020 g/mol. The van der Waals surface area contributed by atoms with Gasteiger partial charge in [0.25, 0.3) is 0 Å². The van der Waals surface area contributed by atoms with E-state index in [1.165, 1.54) is 11.1 Å². The molecule has 11 rings (SSSR count). The van der Waals surface area contributed by atoms with Crippen LogP contribution in [0.3, 0.4) is 0 Å². The Balaban J connectivity index is 0.00000484. The van der Waals surface area contributed by atoms with Crippen LogP contribution in [-0.4, -0.2) is 42.8 Å². The van der Waals surface area contributed by atoms with E-state index < -0.39 is 0 Å². The molecule has 0 spiro atoms. The maximum atomic E-state index is 12.5. The number of rotatable bonds is 5. The van der Waals surface area contributed by atoms with Gasteiger partial charge in [-0.25, -0.2) is 23.8 Å². The van der Waals surface area contributed by atoms with E-state index in [0.29, 0.717) is 17.2 Å². The van der Waals surface area contributed by atoms with E-state index in [1.807, 2.05) is 36.4 Å². The third-order valence-corrected chi connectivity index (χ3v) is 12.8. The van der Waals surface area contributed by atoms with Gasteiger partial charge in [0.15, 0.2) is 0 Å². The first-order valence-electron chi connectivity index (χ1n) is 22.0. The predicted molar refractivity (Wildman–Crippen MR) is 257 cm³/mol. The Kier molecular flexibility index (Phi) is 9.52. The topological polar surface area (TPSA) is 89.9 Å². The van der Waals surface area contributed by atoms with Gasteiger partial charge in [0.1, 0.15) is 11.6 Å². The van der Waals surface area contributed by atoms with Gasteiger partial charge < -0.3 is 5.11 Å². The first kappa shape index (κ1) is 41.7. The van der Waals surface area contributed by atoms with E-state index in [4.69, 9.17) is 19.9 Å². The zero-order valence-corrected chi connectivity index (χ0v) is 40.2. The van der Waals surface area contributed by atoms with Crippen molar-refractivity contribution in [3.63, 3.8) is 0 Å². The molecule has 0 unspecified atom stereocenters. The van der Waals surface area contributed by atoms with Crippen LogP contribution in [0.4, 0.5) is 0 Å². The van der Waals surface area contributed by atoms with E-state index in [-0.39, 0.29) is 49.5 Å². The number of para-hydroxylation sites is 6. The minimum absolute atomic E-state index is 0. The number of benzene rings is 6. The van der Waals surface area contributed by atoms with Crippen LogP contribution in [0, 0.1) is 6.07 Å². The summed E-state index contributed by atoms with van der Waals surface area (Å²) in [5, 5.41) is 12.5. The second kappa shape index (κ2) is 14.6. The monoisotopic (exact) mass is 1020 g/mol. The van der Waals surface area contributed by atoms with Crippen LogP contribution in [-0.2, 0) is 31.9 Å². The van der Waals surface area contributed by atoms with Crippen molar-refractivity contribution in [2.45, 2.75) is 91.9 Å². The number of phenolic OH excluding ortho intramolecular Hbond substituents is 1. The van der Waals surface area contributed by atoms with Gasteiger partial charge in [0.2, 0.25) is 17.3 Å². The summed E-state index contributed by atoms with van der Waals surface area (Å²) < 4.78 is 8.70. The molecule has 9 nitrogen and oxygen atoms in total. The average Bonchev–Trinajstić information content (AvgIpc) is 4.02. The zero-order chi connectivity index (χ0) is 43.9. The Hall–Kier alpha value is -6.31. The molecule has 6 aromatic carbocycles. The van der Waals surface area contributed by atoms with Crippen molar-refractivity contribution < 1.29 is 26.2 Å². The van der Waals surface area contributed by atoms with E-state index in [9.17, 15) is 5.11 Å². The van der Waals surface area contributed by atoms with E-state index in [2.05, 4.69) is 166 Å². The quantitative estimate of drug-likeness (QED) is 0.174. The molecule has 0 aliphatic carbocycles. The Morgan fingerprint density at radius 3 is 1.78 bits per heavy atom. The maximum Gasteiger partial charge on any atom is 0.225 e. The van der Waals surface area contributed by atoms with Crippen molar-refractivity contribution in [2.75, 3.05) is 0 Å². The van der Waals surface area contributed by atoms with Crippen molar-refractivity contribution in [1.29, 1.82) is 0 Å². The molecule has 1 N–H and O–H groups in total. The van der Waals surface area contributed by atoms with Crippen molar-refractivity contribution >= 4 is 61.5 Å². The number of fused-ring (bicyclic) bond motifs is 13. The number of phenols is 1. The smallest absolute Gasteiger partial charge is 0.225 e. The van der Waals surface area contributed by atoms with Crippen molar-refractivity contribution in [2.24, 2.45) is 0 Å². The molecule has 0 atom stereocenters. The molecule has 5 aromatic heterocycles. The summed E-state index contributed by atoms with van der Waals surface area (Å²) in [7, 11) is 0. The molecular weight excluding hydrogens is 972 g/mol. The molecule has 324 valence electrons. The molecule has 0 saturated carbocycles. The fourth-order valence-electron chi connectivity index (χ4n) is 9.60. The van der Waals surface area contributed by atoms with E-state index in [0.717, 1.165) is 83.6 Å². The fraction of sp³-hybridized carbons (Fsp3) is 0.259. The SMILES string of the molecule is CC(C)c1cccc(C(C)C)c1-n1c(-c2cc(C(C)(C)C)cc(C(C)(C)C)c2O)nc2c(-c3cccc4c3nc3n5c6[c-]cccc6nc5n5c6ccccc6nc5n43)cccc21.[Pt]. The molecular formula is C54H51N8OPt-. The summed E-state index contributed by atoms with van der Waals surface area (Å²) in [6.07, 6.45) is 0. The minimum Gasteiger partial charge on any atom is -0.507 e. The summed E-state index contributed by atoms with van der Waals surface area (Å²) in [5.41, 5.74) is 14.7. The number of aromatic nitrogens is 8. The second-order valence-corrected chi connectivity index (χ2v) is 19.8. The van der Waals surface area contributed by atoms with Crippen LogP contribution < -0.4 is 0 Å². The standard InChI is InChI=1S/C54H51N8O.Pt/c1-30(2)33-18-15-19-34(31(3)4)47(33)59-43-26-16-20-35(45(43)57-49(59)37-28-32(53(5,6)7)29-38(48(37)63)54(8,9)10)36-21-17-27-44-46(36)58-52-61-42-25-14-12-23-40(42)55-50(61)60-41-24-13-11-22-39(41)56-51(60)62(44)52;/h11-24,26-31,63H,1-10H3;/q-1;. The van der Waals surface area contributed by atoms with E-state index >= 15 is 0 Å². The maximum absolute atomic E-state index is 12.5. The number of hydrogen-bond acceptors (Lipinski definition) is 5. The van der Waals surface area contributed by atoms with Crippen molar-refractivity contribution in [1.82, 2.24) is 37.7 Å². The van der Waals surface area contributed by atoms with Crippen LogP contribution in [0.25, 0.3) is 89.7 Å². The van der Waals surface area contributed by atoms with Gasteiger partial charge in [0.05, 0.1) is 44.4 Å². The first-order chi connectivity index (χ1) is 30.1. The van der Waals surface area contributed by atoms with Gasteiger partial charge in [-0.3, -0.25) is 14.0 Å². The van der Waals surface area contributed by atoms with Gasteiger partial charge in [-0.2, -0.15) is 18.2 Å². The fourth-order valence-corrected chi connectivity index (χ4v) is 9.60. The Morgan fingerprint density at radius 2 is 1.11 bits per heavy atom. The Labute approximate surface area is 386 Å². The molecule has 0 aliphatic rings. The molecule has 5 heterocycles. The van der Waals surface area contributed by atoms with Crippen LogP contribution in [0.2, 0.25) is 0 Å². The number of imidazole rings is 4. The molecule has 11 aromatic rings. The molecule has 0 fully saturated rings. The molecule has 0 aliphatic heterocycles. The minimum atomic E-state index is -0.324. The van der Waals surface area contributed by atoms with Gasteiger partial charge in [0, 0.05) is 37.8 Å². The third kappa shape index (κ3) is 6.07. The van der Waals surface area contributed by atoms with Crippen LogP contribution in [0.1, 0.15) is 103 Å². The molecule has 0 radical (unpaired) electrons. The van der Waals surface area contributed by atoms with Crippen molar-refractivity contribution in [3.8, 4) is 34.0 Å². The Morgan fingerprint density at radius 1 is 0.547 bits per heavy atom. The van der Waals surface area contributed by atoms with Crippen LogP contribution in [0.15, 0.2) is 109 Å². The zero-order valence-electron chi connectivity index (χ0n) is 37.9.